The van der Waals surface area contributed by atoms with E-state index in [2.05, 4.69) is 5.10 Å². The average Bonchev–Trinajstić information content (AvgIpc) is 1.98. The molecule has 1 rings (SSSR count). The fraction of sp³-hybridized carbons (Fsp3) is 0.333. The minimum absolute atomic E-state index is 0.197. The number of nitrogens with zero attached hydrogens (tertiary/aromatic N) is 3. The summed E-state index contributed by atoms with van der Waals surface area (Å²) >= 11 is 7.24. The molecule has 0 aliphatic carbocycles. The molecule has 0 unspecified atom stereocenters. The van der Waals surface area contributed by atoms with Gasteiger partial charge < -0.3 is 0 Å². The van der Waals surface area contributed by atoms with E-state index < -0.39 is 0 Å². The first-order valence-electron chi connectivity index (χ1n) is 2.10. The van der Waals surface area contributed by atoms with Gasteiger partial charge in [0, 0.05) is 7.05 Å². The van der Waals surface area contributed by atoms with Gasteiger partial charge >= 0.3 is 5.69 Å². The van der Waals surface area contributed by atoms with Gasteiger partial charge in [-0.15, -0.1) is 5.10 Å². The molecule has 0 fully saturated rings. The monoisotopic (exact) mass is 259 g/mol. The van der Waals surface area contributed by atoms with E-state index in [1.165, 1.54) is 7.46 Å². The molecule has 0 bridgehead atoms. The molecule has 0 amide bonds. The van der Waals surface area contributed by atoms with Gasteiger partial charge in [0.15, 0.2) is 0 Å². The van der Waals surface area contributed by atoms with E-state index in [-0.39, 0.29) is 11.0 Å². The van der Waals surface area contributed by atoms with Crippen molar-refractivity contribution in [2.45, 2.75) is 0 Å². The van der Waals surface area contributed by atoms with Gasteiger partial charge in [-0.25, -0.2) is 12.3 Å². The van der Waals surface area contributed by atoms with Crippen molar-refractivity contribution >= 4 is 34.5 Å². The minimum Gasteiger partial charge on any atom is -0.245 e. The highest BCUT2D eigenvalue weighted by molar-refractivity contribution is 14.1. The van der Waals surface area contributed by atoms with Crippen LogP contribution < -0.4 is 5.69 Å². The normalized spacial score (nSPS) is 10.1. The van der Waals surface area contributed by atoms with Gasteiger partial charge in [-0.2, -0.15) is 0 Å². The maximum absolute atomic E-state index is 10.8. The maximum atomic E-state index is 10.8. The first-order valence-corrected chi connectivity index (χ1v) is 3.45. The second-order valence-electron chi connectivity index (χ2n) is 1.46. The lowest BCUT2D eigenvalue weighted by Gasteiger charge is -1.78. The van der Waals surface area contributed by atoms with E-state index in [0.717, 1.165) is 0 Å². The summed E-state index contributed by atoms with van der Waals surface area (Å²) in [6, 6.07) is 0. The van der Waals surface area contributed by atoms with Gasteiger partial charge in [-0.05, 0) is 11.6 Å². The Morgan fingerprint density at radius 3 is 2.44 bits per heavy atom. The highest BCUT2D eigenvalue weighted by atomic mass is 127. The quantitative estimate of drug-likeness (QED) is 0.634. The SMILES string of the molecule is Cn1nc(Cl)n(I)c1=O. The maximum Gasteiger partial charge on any atom is 0.355 e. The molecule has 1 aromatic heterocycles. The smallest absolute Gasteiger partial charge is 0.245 e. The molecule has 0 saturated heterocycles. The summed E-state index contributed by atoms with van der Waals surface area (Å²) in [6.07, 6.45) is 0. The summed E-state index contributed by atoms with van der Waals surface area (Å²) in [4.78, 5) is 10.8. The minimum atomic E-state index is -0.222. The van der Waals surface area contributed by atoms with Crippen LogP contribution in [0, 0.1) is 0 Å². The molecule has 1 aromatic rings. The number of rotatable bonds is 0. The fourth-order valence-electron chi connectivity index (χ4n) is 0.412. The summed E-state index contributed by atoms with van der Waals surface area (Å²) in [7, 11) is 1.55. The zero-order valence-electron chi connectivity index (χ0n) is 4.51. The standard InChI is InChI=1S/C3H3ClIN3O/c1-7-3(9)8(5)2(4)6-7/h1H3. The van der Waals surface area contributed by atoms with Crippen molar-refractivity contribution in [3.05, 3.63) is 15.8 Å². The lowest BCUT2D eigenvalue weighted by Crippen LogP contribution is -2.16. The third-order valence-corrected chi connectivity index (χ3v) is 2.24. The van der Waals surface area contributed by atoms with E-state index in [0.29, 0.717) is 0 Å². The van der Waals surface area contributed by atoms with Crippen LogP contribution in [0.1, 0.15) is 0 Å². The van der Waals surface area contributed by atoms with Crippen LogP contribution in [0.4, 0.5) is 0 Å². The number of hydrogen-bond donors (Lipinski definition) is 0. The Labute approximate surface area is 69.9 Å². The molecule has 9 heavy (non-hydrogen) atoms. The lowest BCUT2D eigenvalue weighted by atomic mass is 11.2. The van der Waals surface area contributed by atoms with Gasteiger partial charge in [-0.3, -0.25) is 0 Å². The molecule has 0 spiro atoms. The zero-order chi connectivity index (χ0) is 7.02. The Morgan fingerprint density at radius 1 is 1.78 bits per heavy atom. The summed E-state index contributed by atoms with van der Waals surface area (Å²) < 4.78 is 2.41. The Balaban J connectivity index is 3.48. The van der Waals surface area contributed by atoms with Crippen LogP contribution in [0.5, 0.6) is 0 Å². The van der Waals surface area contributed by atoms with E-state index in [1.54, 1.807) is 29.9 Å². The predicted molar refractivity (Wildman–Crippen MR) is 41.9 cm³/mol. The summed E-state index contributed by atoms with van der Waals surface area (Å²) in [6.45, 7) is 0. The number of aryl methyl sites for hydroxylation is 1. The van der Waals surface area contributed by atoms with Gasteiger partial charge in [0.2, 0.25) is 5.28 Å². The van der Waals surface area contributed by atoms with Crippen molar-refractivity contribution in [2.75, 3.05) is 0 Å². The number of aromatic nitrogens is 3. The number of hydrogen-bond acceptors (Lipinski definition) is 2. The lowest BCUT2D eigenvalue weighted by molar-refractivity contribution is 0.733. The van der Waals surface area contributed by atoms with Gasteiger partial charge in [0.05, 0.1) is 22.9 Å². The van der Waals surface area contributed by atoms with Gasteiger partial charge in [-0.1, -0.05) is 0 Å². The first kappa shape index (κ1) is 7.07. The summed E-state index contributed by atoms with van der Waals surface area (Å²) in [5, 5.41) is 3.83. The third kappa shape index (κ3) is 1.11. The van der Waals surface area contributed by atoms with Crippen molar-refractivity contribution < 1.29 is 0 Å². The van der Waals surface area contributed by atoms with Crippen molar-refractivity contribution in [3.8, 4) is 0 Å². The van der Waals surface area contributed by atoms with Crippen LogP contribution in [0.15, 0.2) is 4.79 Å². The zero-order valence-corrected chi connectivity index (χ0v) is 7.42. The summed E-state index contributed by atoms with van der Waals surface area (Å²) in [5.74, 6) is 0. The first-order chi connectivity index (χ1) is 4.13. The van der Waals surface area contributed by atoms with Crippen molar-refractivity contribution in [1.82, 2.24) is 12.6 Å². The molecule has 50 valence electrons. The molecule has 4 nitrogen and oxygen atoms in total. The Morgan fingerprint density at radius 2 is 2.33 bits per heavy atom. The molecule has 0 aliphatic rings. The Bertz CT molecular complexity index is 277. The molecular formula is C3H3ClIN3O. The second-order valence-corrected chi connectivity index (χ2v) is 2.76. The third-order valence-electron chi connectivity index (χ3n) is 0.839. The largest absolute Gasteiger partial charge is 0.355 e. The van der Waals surface area contributed by atoms with Crippen LogP contribution in [-0.2, 0) is 7.05 Å². The van der Waals surface area contributed by atoms with Crippen molar-refractivity contribution in [1.29, 1.82) is 0 Å². The highest BCUT2D eigenvalue weighted by Gasteiger charge is 2.03. The molecule has 0 aliphatic heterocycles. The molecule has 0 aromatic carbocycles. The number of halogens is 2. The van der Waals surface area contributed by atoms with Crippen LogP contribution >= 0.6 is 34.5 Å². The average molecular weight is 259 g/mol. The van der Waals surface area contributed by atoms with E-state index >= 15 is 0 Å². The molecular weight excluding hydrogens is 256 g/mol. The molecule has 0 N–H and O–H groups in total. The predicted octanol–water partition coefficient (Wildman–Crippen LogP) is 0.433. The van der Waals surface area contributed by atoms with Crippen LogP contribution in [-0.4, -0.2) is 12.6 Å². The molecule has 6 heteroatoms. The topological polar surface area (TPSA) is 39.8 Å². The van der Waals surface area contributed by atoms with Crippen LogP contribution in [0.25, 0.3) is 0 Å². The van der Waals surface area contributed by atoms with Gasteiger partial charge in [0.25, 0.3) is 0 Å². The molecule has 0 atom stereocenters. The molecule has 0 radical (unpaired) electrons. The fourth-order valence-corrected chi connectivity index (χ4v) is 1.01. The Hall–Kier alpha value is -0.0400. The summed E-state index contributed by atoms with van der Waals surface area (Å²) in [5.41, 5.74) is -0.222. The Kier molecular flexibility index (Phi) is 1.80. The van der Waals surface area contributed by atoms with Crippen molar-refractivity contribution in [2.24, 2.45) is 7.05 Å². The molecule has 0 saturated carbocycles. The second kappa shape index (κ2) is 2.30. The van der Waals surface area contributed by atoms with Gasteiger partial charge in [0.1, 0.15) is 0 Å². The van der Waals surface area contributed by atoms with E-state index in [9.17, 15) is 4.79 Å². The van der Waals surface area contributed by atoms with E-state index in [1.807, 2.05) is 0 Å². The van der Waals surface area contributed by atoms with Crippen LogP contribution in [0.3, 0.4) is 0 Å². The van der Waals surface area contributed by atoms with Crippen molar-refractivity contribution in [3.63, 3.8) is 0 Å². The molecule has 1 heterocycles. The van der Waals surface area contributed by atoms with Crippen LogP contribution in [0.2, 0.25) is 5.28 Å². The highest BCUT2D eigenvalue weighted by Crippen LogP contribution is 2.02. The van der Waals surface area contributed by atoms with E-state index in [4.69, 9.17) is 11.6 Å².